The van der Waals surface area contributed by atoms with E-state index in [1.165, 1.54) is 24.3 Å². The summed E-state index contributed by atoms with van der Waals surface area (Å²) >= 11 is 0. The molecule has 0 spiro atoms. The first-order valence-corrected chi connectivity index (χ1v) is 13.3. The molecule has 0 heterocycles. The van der Waals surface area contributed by atoms with E-state index in [2.05, 4.69) is 0 Å². The molecule has 0 aliphatic rings. The number of hydrogen-bond donors (Lipinski definition) is 4. The third-order valence-electron chi connectivity index (χ3n) is 3.85. The molecule has 0 radical (unpaired) electrons. The largest absolute Gasteiger partial charge is 0.394 e. The second-order valence-corrected chi connectivity index (χ2v) is 9.70. The van der Waals surface area contributed by atoms with E-state index in [9.17, 15) is 16.8 Å². The Morgan fingerprint density at radius 2 is 0.800 bits per heavy atom. The van der Waals surface area contributed by atoms with Crippen LogP contribution in [0.2, 0.25) is 0 Å². The summed E-state index contributed by atoms with van der Waals surface area (Å²) in [5.74, 6) is 0. The number of aliphatic hydroxyl groups is 2. The number of benzene rings is 2. The molecule has 0 unspecified atom stereocenters. The van der Waals surface area contributed by atoms with Gasteiger partial charge in [0.2, 0.25) is 0 Å². The van der Waals surface area contributed by atoms with Crippen molar-refractivity contribution in [2.24, 2.45) is 0 Å². The Hall–Kier alpha value is -1.94. The summed E-state index contributed by atoms with van der Waals surface area (Å²) in [6.45, 7) is 6.45. The molecular weight excluding hydrogens is 504 g/mol. The number of aryl methyl sites for hydroxylation is 2. The molecule has 0 aromatic heterocycles. The van der Waals surface area contributed by atoms with Crippen molar-refractivity contribution < 1.29 is 50.4 Å². The molecule has 13 heteroatoms. The van der Waals surface area contributed by atoms with Crippen molar-refractivity contribution >= 4 is 20.2 Å². The summed E-state index contributed by atoms with van der Waals surface area (Å²) in [5.41, 5.74) is 1.91. The molecule has 0 fully saturated rings. The number of aliphatic hydroxyl groups excluding tert-OH is 2. The maximum absolute atomic E-state index is 10.5. The molecule has 4 N–H and O–H groups in total. The Balaban J connectivity index is 0.000000497. The number of rotatable bonds is 12. The van der Waals surface area contributed by atoms with Gasteiger partial charge in [-0.1, -0.05) is 35.4 Å². The van der Waals surface area contributed by atoms with Gasteiger partial charge in [-0.15, -0.1) is 0 Å². The number of ether oxygens (including phenoxy) is 3. The lowest BCUT2D eigenvalue weighted by atomic mass is 10.2. The van der Waals surface area contributed by atoms with Gasteiger partial charge in [0, 0.05) is 0 Å². The molecular formula is C22H34O11S2. The van der Waals surface area contributed by atoms with Crippen LogP contribution in [0.3, 0.4) is 0 Å². The van der Waals surface area contributed by atoms with Crippen LogP contribution >= 0.6 is 0 Å². The quantitative estimate of drug-likeness (QED) is 0.227. The zero-order valence-electron chi connectivity index (χ0n) is 19.7. The van der Waals surface area contributed by atoms with Crippen molar-refractivity contribution in [3.05, 3.63) is 59.7 Å². The molecule has 0 amide bonds. The molecule has 0 bridgehead atoms. The van der Waals surface area contributed by atoms with Crippen LogP contribution in [0.25, 0.3) is 0 Å². The first-order valence-electron chi connectivity index (χ1n) is 10.4. The highest BCUT2D eigenvalue weighted by Gasteiger charge is 2.07. The van der Waals surface area contributed by atoms with Gasteiger partial charge in [0.05, 0.1) is 62.6 Å². The third kappa shape index (κ3) is 18.1. The minimum atomic E-state index is -4.02. The van der Waals surface area contributed by atoms with E-state index >= 15 is 0 Å². The van der Waals surface area contributed by atoms with Crippen LogP contribution in [0.1, 0.15) is 11.1 Å². The smallest absolute Gasteiger partial charge is 0.294 e. The minimum absolute atomic E-state index is 0.0413. The average molecular weight is 539 g/mol. The fourth-order valence-electron chi connectivity index (χ4n) is 2.09. The minimum Gasteiger partial charge on any atom is -0.394 e. The first-order chi connectivity index (χ1) is 16.4. The lowest BCUT2D eigenvalue weighted by molar-refractivity contribution is 0.00230. The van der Waals surface area contributed by atoms with Gasteiger partial charge >= 0.3 is 0 Å². The standard InChI is InChI=1S/C8H18O5.2C7H8O3S/c9-1-3-11-5-7-13-8-6-12-4-2-10;2*1-6-2-4-7(5-3-6)11(8,9)10/h9-10H,1-8H2;2*2-5H,1H3,(H,8,9,10). The zero-order chi connectivity index (χ0) is 26.7. The third-order valence-corrected chi connectivity index (χ3v) is 5.59. The molecule has 0 aliphatic carbocycles. The topological polar surface area (TPSA) is 177 Å². The monoisotopic (exact) mass is 538 g/mol. The fraction of sp³-hybridized carbons (Fsp3) is 0.455. The average Bonchev–Trinajstić information content (AvgIpc) is 2.78. The second kappa shape index (κ2) is 18.3. The first kappa shape index (κ1) is 33.1. The van der Waals surface area contributed by atoms with Crippen LogP contribution in [-0.2, 0) is 34.4 Å². The van der Waals surface area contributed by atoms with Gasteiger partial charge in [0.25, 0.3) is 20.2 Å². The van der Waals surface area contributed by atoms with E-state index in [1.807, 2.05) is 13.8 Å². The SMILES string of the molecule is Cc1ccc(S(=O)(=O)O)cc1.Cc1ccc(S(=O)(=O)O)cc1.OCCOCCOCCOCCO. The molecule has 2 aromatic rings. The van der Waals surface area contributed by atoms with Crippen LogP contribution in [0.5, 0.6) is 0 Å². The highest BCUT2D eigenvalue weighted by molar-refractivity contribution is 7.86. The molecule has 35 heavy (non-hydrogen) atoms. The second-order valence-electron chi connectivity index (χ2n) is 6.86. The van der Waals surface area contributed by atoms with Crippen molar-refractivity contribution in [3.63, 3.8) is 0 Å². The molecule has 2 aromatic carbocycles. The Labute approximate surface area is 206 Å². The number of hydrogen-bond acceptors (Lipinski definition) is 9. The van der Waals surface area contributed by atoms with Crippen molar-refractivity contribution in [1.82, 2.24) is 0 Å². The van der Waals surface area contributed by atoms with Crippen LogP contribution in [0, 0.1) is 13.8 Å². The van der Waals surface area contributed by atoms with Crippen LogP contribution in [0.15, 0.2) is 58.3 Å². The van der Waals surface area contributed by atoms with Crippen molar-refractivity contribution in [3.8, 4) is 0 Å². The molecule has 0 saturated carbocycles. The summed E-state index contributed by atoms with van der Waals surface area (Å²) in [6.07, 6.45) is 0. The Kier molecular flexibility index (Phi) is 17.3. The predicted molar refractivity (Wildman–Crippen MR) is 129 cm³/mol. The van der Waals surface area contributed by atoms with E-state index in [0.717, 1.165) is 11.1 Å². The van der Waals surface area contributed by atoms with Gasteiger partial charge < -0.3 is 24.4 Å². The van der Waals surface area contributed by atoms with Gasteiger partial charge in [-0.25, -0.2) is 0 Å². The van der Waals surface area contributed by atoms with E-state index < -0.39 is 20.2 Å². The van der Waals surface area contributed by atoms with Crippen molar-refractivity contribution in [1.29, 1.82) is 0 Å². The molecule has 0 saturated heterocycles. The molecule has 0 aliphatic heterocycles. The van der Waals surface area contributed by atoms with Crippen molar-refractivity contribution in [2.45, 2.75) is 23.6 Å². The Bertz CT molecular complexity index is 921. The molecule has 0 atom stereocenters. The lowest BCUT2D eigenvalue weighted by Crippen LogP contribution is -2.11. The van der Waals surface area contributed by atoms with Crippen molar-refractivity contribution in [2.75, 3.05) is 52.9 Å². The fourth-order valence-corrected chi connectivity index (χ4v) is 3.05. The van der Waals surface area contributed by atoms with Gasteiger partial charge in [-0.3, -0.25) is 9.11 Å². The summed E-state index contributed by atoms with van der Waals surface area (Å²) < 4.78 is 74.1. The highest BCUT2D eigenvalue weighted by atomic mass is 32.2. The van der Waals surface area contributed by atoms with Crippen LogP contribution in [-0.4, -0.2) is 89.0 Å². The Morgan fingerprint density at radius 1 is 0.543 bits per heavy atom. The molecule has 200 valence electrons. The van der Waals surface area contributed by atoms with E-state index in [4.69, 9.17) is 33.5 Å². The van der Waals surface area contributed by atoms with Gasteiger partial charge in [-0.2, -0.15) is 16.8 Å². The van der Waals surface area contributed by atoms with E-state index in [-0.39, 0.29) is 23.0 Å². The maximum Gasteiger partial charge on any atom is 0.294 e. The van der Waals surface area contributed by atoms with Crippen LogP contribution in [0.4, 0.5) is 0 Å². The zero-order valence-corrected chi connectivity index (χ0v) is 21.4. The molecule has 11 nitrogen and oxygen atoms in total. The Morgan fingerprint density at radius 3 is 1.03 bits per heavy atom. The highest BCUT2D eigenvalue weighted by Crippen LogP contribution is 2.09. The summed E-state index contributed by atoms with van der Waals surface area (Å²) in [5, 5.41) is 16.7. The van der Waals surface area contributed by atoms with E-state index in [1.54, 1.807) is 24.3 Å². The summed E-state index contributed by atoms with van der Waals surface area (Å²) in [6, 6.07) is 12.0. The van der Waals surface area contributed by atoms with E-state index in [0.29, 0.717) is 39.6 Å². The van der Waals surface area contributed by atoms with Gasteiger partial charge in [0.15, 0.2) is 0 Å². The summed E-state index contributed by atoms with van der Waals surface area (Å²) in [7, 11) is -8.04. The van der Waals surface area contributed by atoms with Crippen LogP contribution < -0.4 is 0 Å². The molecule has 2 rings (SSSR count). The van der Waals surface area contributed by atoms with Gasteiger partial charge in [-0.05, 0) is 38.1 Å². The maximum atomic E-state index is 10.5. The lowest BCUT2D eigenvalue weighted by Gasteiger charge is -2.04. The normalized spacial score (nSPS) is 11.1. The predicted octanol–water partition coefficient (Wildman–Crippen LogP) is 1.50. The summed E-state index contributed by atoms with van der Waals surface area (Å²) in [4.78, 5) is -0.133. The van der Waals surface area contributed by atoms with Gasteiger partial charge in [0.1, 0.15) is 0 Å².